The van der Waals surface area contributed by atoms with Gasteiger partial charge in [0.05, 0.1) is 34.7 Å². The number of rotatable bonds is 13. The summed E-state index contributed by atoms with van der Waals surface area (Å²) in [6.45, 7) is -0.575. The quantitative estimate of drug-likeness (QED) is 0.0411. The zero-order valence-electron chi connectivity index (χ0n) is 22.0. The summed E-state index contributed by atoms with van der Waals surface area (Å²) in [6, 6.07) is 12.1. The second-order valence-electron chi connectivity index (χ2n) is 8.75. The molecule has 3 aromatic rings. The minimum Gasteiger partial charge on any atom is -0.491 e. The number of carbonyl (C=O) groups is 2. The molecule has 43 heavy (non-hydrogen) atoms. The number of alkyl halides is 3. The molecule has 3 aromatic carbocycles. The number of nitrogens with zero attached hydrogens (tertiary/aromatic N) is 2. The Hall–Kier alpha value is -5.34. The molecule has 0 unspecified atom stereocenters. The van der Waals surface area contributed by atoms with E-state index in [2.05, 4.69) is 0 Å². The summed E-state index contributed by atoms with van der Waals surface area (Å²) >= 11 is 0. The number of halogens is 4. The average molecular weight is 606 g/mol. The Morgan fingerprint density at radius 2 is 1.63 bits per heavy atom. The van der Waals surface area contributed by atoms with E-state index in [1.54, 1.807) is 0 Å². The van der Waals surface area contributed by atoms with Crippen LogP contribution in [0.15, 0.2) is 66.7 Å². The van der Waals surface area contributed by atoms with Crippen LogP contribution in [0.3, 0.4) is 0 Å². The van der Waals surface area contributed by atoms with Crippen LogP contribution in [0.2, 0.25) is 0 Å². The number of esters is 2. The largest absolute Gasteiger partial charge is 0.491 e. The summed E-state index contributed by atoms with van der Waals surface area (Å²) in [6.07, 6.45) is -3.32. The predicted molar refractivity (Wildman–Crippen MR) is 142 cm³/mol. The Bertz CT molecular complexity index is 1520. The lowest BCUT2D eigenvalue weighted by atomic mass is 10.1. The SMILES string of the molecule is O=C(/C=C/c1ccc(OC(=O)c2ccc(OCCCC(F)(F)F)c(F)c2)cc1)OCCc1ccc([N+](=O)[O-])cc1[N+](=O)[O-]. The normalized spacial score (nSPS) is 11.3. The van der Waals surface area contributed by atoms with E-state index in [1.165, 1.54) is 42.5 Å². The van der Waals surface area contributed by atoms with Gasteiger partial charge in [-0.25, -0.2) is 14.0 Å². The molecule has 0 aromatic heterocycles. The van der Waals surface area contributed by atoms with Crippen molar-refractivity contribution in [1.29, 1.82) is 0 Å². The van der Waals surface area contributed by atoms with Crippen molar-refractivity contribution in [2.75, 3.05) is 13.2 Å². The fraction of sp³-hybridized carbons (Fsp3) is 0.214. The minimum absolute atomic E-state index is 0.0461. The van der Waals surface area contributed by atoms with Crippen LogP contribution in [-0.4, -0.2) is 41.2 Å². The summed E-state index contributed by atoms with van der Waals surface area (Å²) < 4.78 is 66.0. The van der Waals surface area contributed by atoms with Crippen molar-refractivity contribution in [2.24, 2.45) is 0 Å². The van der Waals surface area contributed by atoms with Crippen LogP contribution in [0.4, 0.5) is 28.9 Å². The van der Waals surface area contributed by atoms with E-state index in [9.17, 15) is 47.4 Å². The Morgan fingerprint density at radius 3 is 2.26 bits per heavy atom. The van der Waals surface area contributed by atoms with E-state index in [4.69, 9.17) is 14.2 Å². The molecule has 0 radical (unpaired) electrons. The van der Waals surface area contributed by atoms with Crippen LogP contribution in [0.5, 0.6) is 11.5 Å². The third-order valence-electron chi connectivity index (χ3n) is 5.62. The number of hydrogen-bond donors (Lipinski definition) is 0. The van der Waals surface area contributed by atoms with Crippen molar-refractivity contribution < 1.29 is 51.2 Å². The molecule has 0 spiro atoms. The molecule has 0 saturated carbocycles. The van der Waals surface area contributed by atoms with Gasteiger partial charge in [-0.2, -0.15) is 13.2 Å². The molecular formula is C28H22F4N2O9. The maximum atomic E-state index is 14.2. The molecular weight excluding hydrogens is 584 g/mol. The van der Waals surface area contributed by atoms with Crippen molar-refractivity contribution in [3.8, 4) is 11.5 Å². The predicted octanol–water partition coefficient (Wildman–Crippen LogP) is 6.38. The highest BCUT2D eigenvalue weighted by Gasteiger charge is 2.26. The fourth-order valence-corrected chi connectivity index (χ4v) is 3.53. The first-order chi connectivity index (χ1) is 20.3. The second kappa shape index (κ2) is 14.5. The van der Waals surface area contributed by atoms with Crippen LogP contribution in [0, 0.1) is 26.0 Å². The van der Waals surface area contributed by atoms with E-state index in [1.807, 2.05) is 0 Å². The molecule has 0 amide bonds. The van der Waals surface area contributed by atoms with E-state index in [0.29, 0.717) is 5.56 Å². The molecule has 0 aliphatic rings. The van der Waals surface area contributed by atoms with Crippen molar-refractivity contribution in [2.45, 2.75) is 25.4 Å². The number of carbonyl (C=O) groups excluding carboxylic acids is 2. The van der Waals surface area contributed by atoms with Gasteiger partial charge in [-0.05, 0) is 54.5 Å². The minimum atomic E-state index is -4.34. The number of ether oxygens (including phenoxy) is 3. The Kier molecular flexibility index (Phi) is 10.9. The third kappa shape index (κ3) is 10.2. The summed E-state index contributed by atoms with van der Waals surface area (Å²) in [5.41, 5.74) is -0.389. The fourth-order valence-electron chi connectivity index (χ4n) is 3.53. The summed E-state index contributed by atoms with van der Waals surface area (Å²) in [5.74, 6) is -2.80. The maximum absolute atomic E-state index is 14.2. The van der Waals surface area contributed by atoms with Crippen LogP contribution in [0.25, 0.3) is 6.08 Å². The first-order valence-corrected chi connectivity index (χ1v) is 12.4. The standard InChI is InChI=1S/C28H22F4N2O9/c29-23-16-20(6-10-25(23)41-14-1-13-28(30,31)32)27(36)43-22-8-2-18(3-9-22)4-11-26(35)42-15-12-19-5-7-21(33(37)38)17-24(19)34(39)40/h2-11,16-17H,1,12-15H2/b11-4+. The van der Waals surface area contributed by atoms with Crippen molar-refractivity contribution in [3.63, 3.8) is 0 Å². The van der Waals surface area contributed by atoms with Gasteiger partial charge in [-0.1, -0.05) is 12.1 Å². The monoisotopic (exact) mass is 606 g/mol. The van der Waals surface area contributed by atoms with Gasteiger partial charge in [-0.15, -0.1) is 0 Å². The molecule has 3 rings (SSSR count). The van der Waals surface area contributed by atoms with E-state index >= 15 is 0 Å². The van der Waals surface area contributed by atoms with E-state index in [-0.39, 0.29) is 48.7 Å². The van der Waals surface area contributed by atoms with Gasteiger partial charge in [0.1, 0.15) is 5.75 Å². The summed E-state index contributed by atoms with van der Waals surface area (Å²) in [4.78, 5) is 44.9. The highest BCUT2D eigenvalue weighted by Crippen LogP contribution is 2.26. The van der Waals surface area contributed by atoms with E-state index < -0.39 is 51.6 Å². The number of nitro benzene ring substituents is 2. The average Bonchev–Trinajstić information content (AvgIpc) is 2.95. The molecule has 0 fully saturated rings. The van der Waals surface area contributed by atoms with Crippen molar-refractivity contribution in [3.05, 3.63) is 109 Å². The third-order valence-corrected chi connectivity index (χ3v) is 5.62. The first-order valence-electron chi connectivity index (χ1n) is 12.4. The van der Waals surface area contributed by atoms with Gasteiger partial charge in [0.15, 0.2) is 11.6 Å². The van der Waals surface area contributed by atoms with Gasteiger partial charge < -0.3 is 14.2 Å². The number of benzene rings is 3. The molecule has 11 nitrogen and oxygen atoms in total. The van der Waals surface area contributed by atoms with Crippen LogP contribution in [-0.2, 0) is 16.0 Å². The number of nitro groups is 2. The number of hydrogen-bond acceptors (Lipinski definition) is 9. The van der Waals surface area contributed by atoms with Crippen LogP contribution >= 0.6 is 0 Å². The molecule has 15 heteroatoms. The smallest absolute Gasteiger partial charge is 0.389 e. The van der Waals surface area contributed by atoms with Gasteiger partial charge >= 0.3 is 18.1 Å². The highest BCUT2D eigenvalue weighted by atomic mass is 19.4. The molecule has 0 heterocycles. The lowest BCUT2D eigenvalue weighted by molar-refractivity contribution is -0.394. The van der Waals surface area contributed by atoms with Crippen molar-refractivity contribution >= 4 is 29.4 Å². The van der Waals surface area contributed by atoms with Gasteiger partial charge in [-0.3, -0.25) is 20.2 Å². The van der Waals surface area contributed by atoms with Gasteiger partial charge in [0, 0.05) is 30.5 Å². The lowest BCUT2D eigenvalue weighted by Crippen LogP contribution is -2.11. The second-order valence-corrected chi connectivity index (χ2v) is 8.75. The molecule has 0 N–H and O–H groups in total. The van der Waals surface area contributed by atoms with Crippen LogP contribution < -0.4 is 9.47 Å². The van der Waals surface area contributed by atoms with Gasteiger partial charge in [0.2, 0.25) is 0 Å². The Morgan fingerprint density at radius 1 is 0.907 bits per heavy atom. The summed E-state index contributed by atoms with van der Waals surface area (Å²) in [7, 11) is 0. The van der Waals surface area contributed by atoms with Crippen molar-refractivity contribution in [1.82, 2.24) is 0 Å². The first kappa shape index (κ1) is 32.2. The number of non-ortho nitro benzene ring substituents is 1. The Labute approximate surface area is 240 Å². The molecule has 0 saturated heterocycles. The lowest BCUT2D eigenvalue weighted by Gasteiger charge is -2.10. The zero-order chi connectivity index (χ0) is 31.6. The van der Waals surface area contributed by atoms with Gasteiger partial charge in [0.25, 0.3) is 11.4 Å². The topological polar surface area (TPSA) is 148 Å². The van der Waals surface area contributed by atoms with E-state index in [0.717, 1.165) is 30.3 Å². The van der Waals surface area contributed by atoms with Crippen LogP contribution in [0.1, 0.15) is 34.3 Å². The summed E-state index contributed by atoms with van der Waals surface area (Å²) in [5, 5.41) is 22.0. The Balaban J connectivity index is 1.48. The molecule has 226 valence electrons. The molecule has 0 atom stereocenters. The molecule has 0 bridgehead atoms. The zero-order valence-corrected chi connectivity index (χ0v) is 22.0. The highest BCUT2D eigenvalue weighted by molar-refractivity contribution is 5.91. The molecule has 0 aliphatic carbocycles. The molecule has 0 aliphatic heterocycles. The maximum Gasteiger partial charge on any atom is 0.389 e.